The first-order valence-electron chi connectivity index (χ1n) is 10.7. The predicted molar refractivity (Wildman–Crippen MR) is 126 cm³/mol. The third-order valence-corrected chi connectivity index (χ3v) is 5.62. The van der Waals surface area contributed by atoms with Crippen molar-refractivity contribution in [3.63, 3.8) is 0 Å². The lowest BCUT2D eigenvalue weighted by atomic mass is 10.1. The summed E-state index contributed by atoms with van der Waals surface area (Å²) in [5, 5.41) is 0. The van der Waals surface area contributed by atoms with Crippen LogP contribution in [0.3, 0.4) is 0 Å². The van der Waals surface area contributed by atoms with Crippen LogP contribution < -0.4 is 23.8 Å². The number of ether oxygens (including phenoxy) is 4. The number of ketones is 1. The Balaban J connectivity index is 1.51. The highest BCUT2D eigenvalue weighted by atomic mass is 16.5. The third-order valence-electron chi connectivity index (χ3n) is 5.62. The molecule has 1 heterocycles. The van der Waals surface area contributed by atoms with E-state index in [0.717, 1.165) is 49.7 Å². The van der Waals surface area contributed by atoms with E-state index in [1.54, 1.807) is 40.6 Å². The van der Waals surface area contributed by atoms with Crippen LogP contribution in [0.4, 0.5) is 5.69 Å². The molecule has 2 aromatic carbocycles. The molecule has 0 N–H and O–H groups in total. The lowest BCUT2D eigenvalue weighted by molar-refractivity contribution is -0.114. The molecule has 0 atom stereocenters. The number of para-hydroxylation sites is 2. The van der Waals surface area contributed by atoms with Crippen LogP contribution in [0.15, 0.2) is 42.5 Å². The van der Waals surface area contributed by atoms with Gasteiger partial charge in [-0.15, -0.1) is 0 Å². The summed E-state index contributed by atoms with van der Waals surface area (Å²) in [6.07, 6.45) is 3.88. The quantitative estimate of drug-likeness (QED) is 0.524. The molecule has 0 spiro atoms. The highest BCUT2D eigenvalue weighted by molar-refractivity contribution is 5.93. The molecule has 1 fully saturated rings. The van der Waals surface area contributed by atoms with Crippen LogP contribution >= 0.6 is 0 Å². The fourth-order valence-electron chi connectivity index (χ4n) is 3.84. The van der Waals surface area contributed by atoms with E-state index in [-0.39, 0.29) is 5.78 Å². The first-order chi connectivity index (χ1) is 15.6. The van der Waals surface area contributed by atoms with Crippen LogP contribution in [0.2, 0.25) is 0 Å². The Morgan fingerprint density at radius 3 is 2.09 bits per heavy atom. The molecule has 0 bridgehead atoms. The van der Waals surface area contributed by atoms with E-state index in [1.165, 1.54) is 0 Å². The Morgan fingerprint density at radius 1 is 0.875 bits per heavy atom. The van der Waals surface area contributed by atoms with E-state index in [9.17, 15) is 4.79 Å². The van der Waals surface area contributed by atoms with Crippen LogP contribution in [-0.4, -0.2) is 71.8 Å². The Morgan fingerprint density at radius 2 is 1.50 bits per heavy atom. The zero-order valence-corrected chi connectivity index (χ0v) is 19.3. The van der Waals surface area contributed by atoms with Crippen molar-refractivity contribution < 1.29 is 23.7 Å². The summed E-state index contributed by atoms with van der Waals surface area (Å²) in [6.45, 7) is 4.41. The van der Waals surface area contributed by atoms with E-state index in [1.807, 2.05) is 30.3 Å². The monoisotopic (exact) mass is 440 g/mol. The minimum Gasteiger partial charge on any atom is -0.495 e. The van der Waals surface area contributed by atoms with Crippen LogP contribution in [0.25, 0.3) is 6.08 Å². The molecule has 0 unspecified atom stereocenters. The van der Waals surface area contributed by atoms with Crippen LogP contribution in [0.1, 0.15) is 12.0 Å². The standard InChI is InChI=1S/C25H32N2O5/c1-29-22-8-6-5-7-21(22)27-15-13-26(14-16-27)12-11-20(28)10-9-19-17-23(30-2)25(32-4)24(18-19)31-3/h5-10,17-18H,11-16H2,1-4H3/b10-9+. The van der Waals surface area contributed by atoms with Gasteiger partial charge in [0.1, 0.15) is 5.75 Å². The van der Waals surface area contributed by atoms with Crippen molar-refractivity contribution in [3.05, 3.63) is 48.0 Å². The van der Waals surface area contributed by atoms with Crippen molar-refractivity contribution in [1.82, 2.24) is 4.90 Å². The van der Waals surface area contributed by atoms with Gasteiger partial charge in [-0.05, 0) is 35.9 Å². The van der Waals surface area contributed by atoms with E-state index >= 15 is 0 Å². The Hall–Kier alpha value is -3.19. The molecule has 7 heteroatoms. The number of carbonyl (C=O) groups is 1. The number of carbonyl (C=O) groups excluding carboxylic acids is 1. The molecule has 7 nitrogen and oxygen atoms in total. The van der Waals surface area contributed by atoms with E-state index in [0.29, 0.717) is 23.7 Å². The van der Waals surface area contributed by atoms with Gasteiger partial charge in [0, 0.05) is 39.1 Å². The Labute approximate surface area is 190 Å². The zero-order valence-electron chi connectivity index (χ0n) is 19.3. The van der Waals surface area contributed by atoms with Crippen molar-refractivity contribution in [3.8, 4) is 23.0 Å². The van der Waals surface area contributed by atoms with E-state index < -0.39 is 0 Å². The number of hydrogen-bond acceptors (Lipinski definition) is 7. The first-order valence-corrected chi connectivity index (χ1v) is 10.7. The second-order valence-electron chi connectivity index (χ2n) is 7.51. The van der Waals surface area contributed by atoms with Gasteiger partial charge in [0.2, 0.25) is 5.75 Å². The molecule has 0 aromatic heterocycles. The molecular weight excluding hydrogens is 408 g/mol. The fraction of sp³-hybridized carbons (Fsp3) is 0.400. The van der Waals surface area contributed by atoms with Gasteiger partial charge in [-0.3, -0.25) is 9.69 Å². The summed E-state index contributed by atoms with van der Waals surface area (Å²) in [5.74, 6) is 2.64. The molecule has 172 valence electrons. The maximum Gasteiger partial charge on any atom is 0.203 e. The number of piperazine rings is 1. The molecular formula is C25H32N2O5. The summed E-state index contributed by atoms with van der Waals surface area (Å²) < 4.78 is 21.5. The molecule has 0 amide bonds. The summed E-state index contributed by atoms with van der Waals surface area (Å²) in [4.78, 5) is 17.1. The zero-order chi connectivity index (χ0) is 22.9. The number of methoxy groups -OCH3 is 4. The lowest BCUT2D eigenvalue weighted by Gasteiger charge is -2.36. The van der Waals surface area contributed by atoms with Gasteiger partial charge in [0.05, 0.1) is 34.1 Å². The second-order valence-corrected chi connectivity index (χ2v) is 7.51. The summed E-state index contributed by atoms with van der Waals surface area (Å²) in [6, 6.07) is 11.7. The topological polar surface area (TPSA) is 60.5 Å². The third kappa shape index (κ3) is 5.73. The first kappa shape index (κ1) is 23.5. The minimum absolute atomic E-state index is 0.0888. The molecule has 0 saturated carbocycles. The molecule has 1 aliphatic rings. The number of anilines is 1. The number of hydrogen-bond donors (Lipinski definition) is 0. The van der Waals surface area contributed by atoms with Gasteiger partial charge >= 0.3 is 0 Å². The van der Waals surface area contributed by atoms with Crippen molar-refractivity contribution in [1.29, 1.82) is 0 Å². The van der Waals surface area contributed by atoms with Crippen LogP contribution in [0.5, 0.6) is 23.0 Å². The fourth-order valence-corrected chi connectivity index (χ4v) is 3.84. The largest absolute Gasteiger partial charge is 0.495 e. The van der Waals surface area contributed by atoms with E-state index in [4.69, 9.17) is 18.9 Å². The van der Waals surface area contributed by atoms with Gasteiger partial charge < -0.3 is 23.8 Å². The molecule has 2 aromatic rings. The highest BCUT2D eigenvalue weighted by Gasteiger charge is 2.19. The molecule has 0 aliphatic carbocycles. The van der Waals surface area contributed by atoms with Gasteiger partial charge in [-0.25, -0.2) is 0 Å². The second kappa shape index (κ2) is 11.4. The summed E-state index contributed by atoms with van der Waals surface area (Å²) in [7, 11) is 6.41. The lowest BCUT2D eigenvalue weighted by Crippen LogP contribution is -2.47. The van der Waals surface area contributed by atoms with Crippen molar-refractivity contribution in [2.45, 2.75) is 6.42 Å². The molecule has 3 rings (SSSR count). The Bertz CT molecular complexity index is 911. The smallest absolute Gasteiger partial charge is 0.203 e. The van der Waals surface area contributed by atoms with E-state index in [2.05, 4.69) is 15.9 Å². The predicted octanol–water partition coefficient (Wildman–Crippen LogP) is 3.52. The minimum atomic E-state index is 0.0888. The normalized spacial score (nSPS) is 14.4. The highest BCUT2D eigenvalue weighted by Crippen LogP contribution is 2.38. The van der Waals surface area contributed by atoms with Crippen molar-refractivity contribution >= 4 is 17.5 Å². The van der Waals surface area contributed by atoms with Crippen molar-refractivity contribution in [2.24, 2.45) is 0 Å². The number of nitrogens with zero attached hydrogens (tertiary/aromatic N) is 2. The number of rotatable bonds is 10. The molecule has 0 radical (unpaired) electrons. The Kier molecular flexibility index (Phi) is 8.39. The molecule has 1 saturated heterocycles. The SMILES string of the molecule is COc1ccccc1N1CCN(CCC(=O)/C=C/c2cc(OC)c(OC)c(OC)c2)CC1. The van der Waals surface area contributed by atoms with Gasteiger partial charge in [-0.2, -0.15) is 0 Å². The van der Waals surface area contributed by atoms with Crippen LogP contribution in [0, 0.1) is 0 Å². The van der Waals surface area contributed by atoms with Gasteiger partial charge in [0.15, 0.2) is 17.3 Å². The number of allylic oxidation sites excluding steroid dienone is 1. The summed E-state index contributed by atoms with van der Waals surface area (Å²) >= 11 is 0. The average molecular weight is 441 g/mol. The van der Waals surface area contributed by atoms with Crippen molar-refractivity contribution in [2.75, 3.05) is 66.1 Å². The van der Waals surface area contributed by atoms with Gasteiger partial charge in [0.25, 0.3) is 0 Å². The maximum absolute atomic E-state index is 12.4. The van der Waals surface area contributed by atoms with Gasteiger partial charge in [-0.1, -0.05) is 18.2 Å². The average Bonchev–Trinajstić information content (AvgIpc) is 2.85. The van der Waals surface area contributed by atoms with Crippen LogP contribution in [-0.2, 0) is 4.79 Å². The molecule has 1 aliphatic heterocycles. The number of benzene rings is 2. The molecule has 32 heavy (non-hydrogen) atoms. The summed E-state index contributed by atoms with van der Waals surface area (Å²) in [5.41, 5.74) is 1.94. The maximum atomic E-state index is 12.4.